The molecule has 176 valence electrons. The molecule has 0 aliphatic carbocycles. The summed E-state index contributed by atoms with van der Waals surface area (Å²) in [5, 5.41) is 4.14. The van der Waals surface area contributed by atoms with Crippen molar-refractivity contribution in [1.29, 1.82) is 0 Å². The van der Waals surface area contributed by atoms with Crippen LogP contribution < -0.4 is 10.2 Å². The Hall–Kier alpha value is -3.23. The molecule has 0 unspecified atom stereocenters. The zero-order valence-electron chi connectivity index (χ0n) is 19.5. The third kappa shape index (κ3) is 3.86. The smallest absolute Gasteiger partial charge is 0.255 e. The van der Waals surface area contributed by atoms with Gasteiger partial charge in [0.05, 0.1) is 16.6 Å². The molecule has 3 aromatic heterocycles. The van der Waals surface area contributed by atoms with Crippen LogP contribution in [0.3, 0.4) is 0 Å². The molecule has 4 aromatic rings. The summed E-state index contributed by atoms with van der Waals surface area (Å²) in [6.07, 6.45) is 2.79. The van der Waals surface area contributed by atoms with E-state index in [4.69, 9.17) is 14.7 Å². The van der Waals surface area contributed by atoms with Crippen LogP contribution in [-0.4, -0.2) is 77.7 Å². The van der Waals surface area contributed by atoms with Gasteiger partial charge in [-0.2, -0.15) is 0 Å². The second-order valence-electron chi connectivity index (χ2n) is 9.40. The van der Waals surface area contributed by atoms with Crippen LogP contribution in [0, 0.1) is 0 Å². The van der Waals surface area contributed by atoms with E-state index in [9.17, 15) is 4.79 Å². The molecule has 5 heterocycles. The lowest BCUT2D eigenvalue weighted by atomic mass is 10.1. The predicted molar refractivity (Wildman–Crippen MR) is 134 cm³/mol. The fourth-order valence-electron chi connectivity index (χ4n) is 5.11. The number of ether oxygens (including phenoxy) is 1. The van der Waals surface area contributed by atoms with E-state index in [1.54, 1.807) is 0 Å². The number of carbonyl (C=O) groups is 1. The second-order valence-corrected chi connectivity index (χ2v) is 9.40. The maximum Gasteiger partial charge on any atom is 0.255 e. The third-order valence-corrected chi connectivity index (χ3v) is 7.05. The highest BCUT2D eigenvalue weighted by atomic mass is 16.5. The first-order valence-electron chi connectivity index (χ1n) is 12.2. The molecule has 0 bridgehead atoms. The quantitative estimate of drug-likeness (QED) is 0.509. The summed E-state index contributed by atoms with van der Waals surface area (Å²) in [4.78, 5) is 28.1. The van der Waals surface area contributed by atoms with Gasteiger partial charge < -0.3 is 19.9 Å². The molecule has 8 heteroatoms. The number of aromatic nitrogens is 3. The molecule has 0 saturated carbocycles. The van der Waals surface area contributed by atoms with Gasteiger partial charge in [-0.1, -0.05) is 12.1 Å². The lowest BCUT2D eigenvalue weighted by Crippen LogP contribution is -2.39. The van der Waals surface area contributed by atoms with Crippen LogP contribution in [0.15, 0.2) is 42.5 Å². The van der Waals surface area contributed by atoms with E-state index < -0.39 is 0 Å². The van der Waals surface area contributed by atoms with Gasteiger partial charge in [-0.3, -0.25) is 9.20 Å². The van der Waals surface area contributed by atoms with Crippen LogP contribution in [0.25, 0.3) is 27.7 Å². The van der Waals surface area contributed by atoms with Crippen molar-refractivity contribution < 1.29 is 9.53 Å². The Bertz CT molecular complexity index is 1360. The fraction of sp³-hybridized carbons (Fsp3) is 0.423. The molecule has 0 radical (unpaired) electrons. The maximum atomic E-state index is 13.4. The predicted octanol–water partition coefficient (Wildman–Crippen LogP) is 3.09. The lowest BCUT2D eigenvalue weighted by Gasteiger charge is -2.23. The van der Waals surface area contributed by atoms with Crippen molar-refractivity contribution >= 4 is 39.4 Å². The minimum absolute atomic E-state index is 0.0891. The molecule has 1 aromatic carbocycles. The van der Waals surface area contributed by atoms with Crippen molar-refractivity contribution in [2.45, 2.75) is 25.3 Å². The monoisotopic (exact) mass is 458 g/mol. The molecule has 0 atom stereocenters. The molecule has 6 rings (SSSR count). The lowest BCUT2D eigenvalue weighted by molar-refractivity contribution is 0.0697. The Morgan fingerprint density at radius 1 is 1.00 bits per heavy atom. The molecule has 2 fully saturated rings. The molecular weight excluding hydrogens is 428 g/mol. The number of pyridine rings is 2. The highest BCUT2D eigenvalue weighted by molar-refractivity contribution is 6.05. The minimum atomic E-state index is -0.0891. The van der Waals surface area contributed by atoms with Gasteiger partial charge in [-0.05, 0) is 63.2 Å². The van der Waals surface area contributed by atoms with E-state index in [-0.39, 0.29) is 11.9 Å². The fourth-order valence-corrected chi connectivity index (χ4v) is 5.11. The van der Waals surface area contributed by atoms with E-state index >= 15 is 0 Å². The SMILES string of the molecule is CN1CCCN(c2ccc3cc(C(=O)NC4CCOCC4)c4nc5ccccc5n4c3n2)CC1. The first-order valence-corrected chi connectivity index (χ1v) is 12.2. The van der Waals surface area contributed by atoms with Crippen LogP contribution in [0.4, 0.5) is 5.82 Å². The first kappa shape index (κ1) is 21.3. The average molecular weight is 459 g/mol. The number of likely N-dealkylation sites (N-methyl/N-ethyl adjacent to an activating group) is 1. The number of hydrogen-bond acceptors (Lipinski definition) is 6. The van der Waals surface area contributed by atoms with E-state index in [0.29, 0.717) is 24.4 Å². The molecule has 1 amide bonds. The summed E-state index contributed by atoms with van der Waals surface area (Å²) in [5.74, 6) is 0.884. The van der Waals surface area contributed by atoms with Gasteiger partial charge in [-0.15, -0.1) is 0 Å². The summed E-state index contributed by atoms with van der Waals surface area (Å²) in [6.45, 7) is 5.44. The normalized spacial score (nSPS) is 18.6. The Labute approximate surface area is 198 Å². The summed E-state index contributed by atoms with van der Waals surface area (Å²) in [6, 6.07) is 14.3. The maximum absolute atomic E-state index is 13.4. The minimum Gasteiger partial charge on any atom is -0.381 e. The van der Waals surface area contributed by atoms with Crippen LogP contribution in [0.1, 0.15) is 29.6 Å². The van der Waals surface area contributed by atoms with Crippen LogP contribution in [0.5, 0.6) is 0 Å². The first-order chi connectivity index (χ1) is 16.7. The van der Waals surface area contributed by atoms with Crippen molar-refractivity contribution in [3.8, 4) is 0 Å². The molecule has 2 aliphatic heterocycles. The standard InChI is InChI=1S/C26H30N6O2/c1-30-11-4-12-31(14-13-30)23-8-7-18-17-20(26(33)27-19-9-15-34-16-10-19)25-28-21-5-2-3-6-22(21)32(25)24(18)29-23/h2-3,5-8,17,19H,4,9-16H2,1H3,(H,27,33). The van der Waals surface area contributed by atoms with Crippen LogP contribution >= 0.6 is 0 Å². The van der Waals surface area contributed by atoms with Gasteiger partial charge in [0.1, 0.15) is 11.5 Å². The van der Waals surface area contributed by atoms with Gasteiger partial charge in [0.15, 0.2) is 5.65 Å². The van der Waals surface area contributed by atoms with Crippen molar-refractivity contribution in [3.63, 3.8) is 0 Å². The molecule has 1 N–H and O–H groups in total. The van der Waals surface area contributed by atoms with E-state index in [2.05, 4.69) is 38.7 Å². The summed E-state index contributed by atoms with van der Waals surface area (Å²) in [7, 11) is 2.17. The van der Waals surface area contributed by atoms with Crippen molar-refractivity contribution in [2.75, 3.05) is 51.3 Å². The largest absolute Gasteiger partial charge is 0.381 e. The van der Waals surface area contributed by atoms with Crippen molar-refractivity contribution in [1.82, 2.24) is 24.6 Å². The van der Waals surface area contributed by atoms with Gasteiger partial charge in [0.2, 0.25) is 0 Å². The number of hydrogen-bond donors (Lipinski definition) is 1. The molecule has 0 spiro atoms. The van der Waals surface area contributed by atoms with E-state index in [1.165, 1.54) is 0 Å². The number of benzene rings is 1. The molecular formula is C26H30N6O2. The Morgan fingerprint density at radius 3 is 2.74 bits per heavy atom. The average Bonchev–Trinajstić information content (AvgIpc) is 3.12. The van der Waals surface area contributed by atoms with E-state index in [0.717, 1.165) is 73.3 Å². The zero-order chi connectivity index (χ0) is 23.1. The Balaban J connectivity index is 1.48. The summed E-state index contributed by atoms with van der Waals surface area (Å²) < 4.78 is 7.50. The number of rotatable bonds is 3. The Morgan fingerprint density at radius 2 is 1.85 bits per heavy atom. The van der Waals surface area contributed by atoms with Crippen LogP contribution in [-0.2, 0) is 4.74 Å². The number of fused-ring (bicyclic) bond motifs is 5. The van der Waals surface area contributed by atoms with Gasteiger partial charge in [0.25, 0.3) is 5.91 Å². The molecule has 8 nitrogen and oxygen atoms in total. The number of para-hydroxylation sites is 2. The number of amides is 1. The topological polar surface area (TPSA) is 75.0 Å². The Kier molecular flexibility index (Phi) is 5.55. The third-order valence-electron chi connectivity index (χ3n) is 7.05. The molecule has 2 aliphatic rings. The van der Waals surface area contributed by atoms with Crippen LogP contribution in [0.2, 0.25) is 0 Å². The second kappa shape index (κ2) is 8.85. The van der Waals surface area contributed by atoms with Crippen molar-refractivity contribution in [2.24, 2.45) is 0 Å². The van der Waals surface area contributed by atoms with Gasteiger partial charge in [0, 0.05) is 44.3 Å². The van der Waals surface area contributed by atoms with E-state index in [1.807, 2.05) is 30.3 Å². The zero-order valence-corrected chi connectivity index (χ0v) is 19.5. The molecule has 2 saturated heterocycles. The van der Waals surface area contributed by atoms with Gasteiger partial charge in [-0.25, -0.2) is 9.97 Å². The summed E-state index contributed by atoms with van der Waals surface area (Å²) >= 11 is 0. The number of anilines is 1. The number of nitrogens with one attached hydrogen (secondary N) is 1. The number of nitrogens with zero attached hydrogens (tertiary/aromatic N) is 5. The number of imidazole rings is 1. The highest BCUT2D eigenvalue weighted by Gasteiger charge is 2.23. The highest BCUT2D eigenvalue weighted by Crippen LogP contribution is 2.28. The molecule has 34 heavy (non-hydrogen) atoms. The summed E-state index contributed by atoms with van der Waals surface area (Å²) in [5.41, 5.74) is 3.89. The number of carbonyl (C=O) groups excluding carboxylic acids is 1. The van der Waals surface area contributed by atoms with Crippen molar-refractivity contribution in [3.05, 3.63) is 48.0 Å². The van der Waals surface area contributed by atoms with Gasteiger partial charge >= 0.3 is 0 Å².